The van der Waals surface area contributed by atoms with Crippen LogP contribution >= 0.6 is 0 Å². The predicted octanol–water partition coefficient (Wildman–Crippen LogP) is 0.345. The Bertz CT molecular complexity index is 174. The van der Waals surface area contributed by atoms with Crippen LogP contribution in [-0.4, -0.2) is 29.8 Å². The van der Waals surface area contributed by atoms with Gasteiger partial charge in [0.05, 0.1) is 6.61 Å². The summed E-state index contributed by atoms with van der Waals surface area (Å²) in [4.78, 5) is 0. The topological polar surface area (TPSA) is 49.5 Å². The summed E-state index contributed by atoms with van der Waals surface area (Å²) in [6.45, 7) is 2.21. The van der Waals surface area contributed by atoms with Crippen LogP contribution < -0.4 is 5.84 Å². The second kappa shape index (κ2) is 2.98. The molecule has 0 aromatic rings. The fraction of sp³-hybridized carbons (Fsp3) is 1.00. The van der Waals surface area contributed by atoms with Crippen molar-refractivity contribution in [3.05, 3.63) is 0 Å². The van der Waals surface area contributed by atoms with E-state index in [1.54, 1.807) is 0 Å². The molecule has 1 saturated heterocycles. The molecule has 1 aliphatic heterocycles. The molecule has 0 radical (unpaired) electrons. The third-order valence-corrected chi connectivity index (χ3v) is 3.63. The molecule has 0 bridgehead atoms. The van der Waals surface area contributed by atoms with Crippen molar-refractivity contribution in [3.8, 4) is 0 Å². The van der Waals surface area contributed by atoms with Gasteiger partial charge in [-0.2, -0.15) is 0 Å². The number of nitrogens with two attached hydrogens (primary N) is 1. The van der Waals surface area contributed by atoms with Crippen molar-refractivity contribution in [2.24, 2.45) is 17.2 Å². The van der Waals surface area contributed by atoms with E-state index < -0.39 is 0 Å². The first kappa shape index (κ1) is 8.48. The van der Waals surface area contributed by atoms with Crippen LogP contribution in [0.2, 0.25) is 0 Å². The van der Waals surface area contributed by atoms with Crippen LogP contribution in [-0.2, 0) is 0 Å². The van der Waals surface area contributed by atoms with E-state index in [1.807, 2.05) is 5.01 Å². The molecule has 2 unspecified atom stereocenters. The molecule has 3 heteroatoms. The summed E-state index contributed by atoms with van der Waals surface area (Å²) >= 11 is 0. The molecule has 2 atom stereocenters. The molecule has 0 spiro atoms. The smallest absolute Gasteiger partial charge is 0.0503 e. The van der Waals surface area contributed by atoms with E-state index >= 15 is 0 Å². The lowest BCUT2D eigenvalue weighted by Gasteiger charge is -2.36. The fourth-order valence-corrected chi connectivity index (χ4v) is 2.88. The maximum Gasteiger partial charge on any atom is 0.0503 e. The van der Waals surface area contributed by atoms with Gasteiger partial charge in [0.1, 0.15) is 0 Å². The van der Waals surface area contributed by atoms with Crippen LogP contribution in [0.4, 0.5) is 0 Å². The van der Waals surface area contributed by atoms with Crippen LogP contribution in [0.25, 0.3) is 0 Å². The number of hydrogen-bond donors (Lipinski definition) is 2. The van der Waals surface area contributed by atoms with Crippen LogP contribution in [0.1, 0.15) is 25.7 Å². The number of aliphatic hydroxyl groups is 1. The molecular weight excluding hydrogens is 152 g/mol. The van der Waals surface area contributed by atoms with Gasteiger partial charge in [0, 0.05) is 18.5 Å². The van der Waals surface area contributed by atoms with Gasteiger partial charge < -0.3 is 5.11 Å². The van der Waals surface area contributed by atoms with Gasteiger partial charge in [-0.05, 0) is 18.8 Å². The number of rotatable bonds is 1. The van der Waals surface area contributed by atoms with Crippen LogP contribution in [0.5, 0.6) is 0 Å². The lowest BCUT2D eigenvalue weighted by molar-refractivity contribution is 0.0583. The summed E-state index contributed by atoms with van der Waals surface area (Å²) in [5, 5.41) is 11.3. The largest absolute Gasteiger partial charge is 0.396 e. The summed E-state index contributed by atoms with van der Waals surface area (Å²) < 4.78 is 0. The molecule has 12 heavy (non-hydrogen) atoms. The monoisotopic (exact) mass is 170 g/mol. The van der Waals surface area contributed by atoms with Crippen LogP contribution in [0, 0.1) is 11.3 Å². The second-order valence-electron chi connectivity index (χ2n) is 4.39. The number of aliphatic hydroxyl groups excluding tert-OH is 1. The Morgan fingerprint density at radius 1 is 1.50 bits per heavy atom. The second-order valence-corrected chi connectivity index (χ2v) is 4.39. The number of nitrogens with zero attached hydrogens (tertiary/aromatic N) is 1. The van der Waals surface area contributed by atoms with Gasteiger partial charge in [0.25, 0.3) is 0 Å². The Kier molecular flexibility index (Phi) is 2.10. The highest BCUT2D eigenvalue weighted by Gasteiger charge is 2.46. The molecule has 1 aliphatic carbocycles. The Labute approximate surface area is 73.5 Å². The van der Waals surface area contributed by atoms with E-state index in [1.165, 1.54) is 25.7 Å². The number of hydrogen-bond acceptors (Lipinski definition) is 3. The molecule has 0 aromatic carbocycles. The highest BCUT2D eigenvalue weighted by Crippen LogP contribution is 2.45. The molecule has 70 valence electrons. The van der Waals surface area contributed by atoms with E-state index in [9.17, 15) is 5.11 Å². The highest BCUT2D eigenvalue weighted by molar-refractivity contribution is 4.96. The van der Waals surface area contributed by atoms with Crippen molar-refractivity contribution in [3.63, 3.8) is 0 Å². The van der Waals surface area contributed by atoms with Crippen molar-refractivity contribution in [1.29, 1.82) is 0 Å². The fourth-order valence-electron chi connectivity index (χ4n) is 2.88. The zero-order valence-electron chi connectivity index (χ0n) is 7.50. The minimum atomic E-state index is 0.160. The molecule has 2 aliphatic rings. The quantitative estimate of drug-likeness (QED) is 0.558. The highest BCUT2D eigenvalue weighted by atomic mass is 16.3. The minimum absolute atomic E-state index is 0.160. The van der Waals surface area contributed by atoms with Crippen molar-refractivity contribution in [2.45, 2.75) is 25.7 Å². The van der Waals surface area contributed by atoms with Gasteiger partial charge in [-0.25, -0.2) is 5.01 Å². The third-order valence-electron chi connectivity index (χ3n) is 3.63. The Morgan fingerprint density at radius 3 is 3.00 bits per heavy atom. The Hall–Kier alpha value is -0.120. The minimum Gasteiger partial charge on any atom is -0.396 e. The molecule has 0 amide bonds. The average Bonchev–Trinajstić information content (AvgIpc) is 2.41. The predicted molar refractivity (Wildman–Crippen MR) is 47.2 cm³/mol. The summed E-state index contributed by atoms with van der Waals surface area (Å²) in [5.74, 6) is 6.43. The van der Waals surface area contributed by atoms with Gasteiger partial charge in [-0.15, -0.1) is 0 Å². The van der Waals surface area contributed by atoms with Gasteiger partial charge in [-0.1, -0.05) is 12.8 Å². The average molecular weight is 170 g/mol. The molecule has 3 N–H and O–H groups in total. The van der Waals surface area contributed by atoms with Crippen LogP contribution in [0.15, 0.2) is 0 Å². The first-order valence-corrected chi connectivity index (χ1v) is 4.87. The number of fused-ring (bicyclic) bond motifs is 1. The Balaban J connectivity index is 2.14. The van der Waals surface area contributed by atoms with Crippen molar-refractivity contribution in [1.82, 2.24) is 5.01 Å². The summed E-state index contributed by atoms with van der Waals surface area (Å²) in [7, 11) is 0. The third kappa shape index (κ3) is 1.16. The lowest BCUT2D eigenvalue weighted by Crippen LogP contribution is -2.37. The molecule has 3 nitrogen and oxygen atoms in total. The van der Waals surface area contributed by atoms with Crippen molar-refractivity contribution in [2.75, 3.05) is 19.7 Å². The van der Waals surface area contributed by atoms with Gasteiger partial charge >= 0.3 is 0 Å². The van der Waals surface area contributed by atoms with E-state index in [4.69, 9.17) is 5.84 Å². The molecule has 1 saturated carbocycles. The van der Waals surface area contributed by atoms with E-state index in [2.05, 4.69) is 0 Å². The van der Waals surface area contributed by atoms with Gasteiger partial charge in [0.15, 0.2) is 0 Å². The van der Waals surface area contributed by atoms with Gasteiger partial charge in [0.2, 0.25) is 0 Å². The lowest BCUT2D eigenvalue weighted by atomic mass is 9.69. The van der Waals surface area contributed by atoms with E-state index in [-0.39, 0.29) is 5.41 Å². The summed E-state index contributed by atoms with van der Waals surface area (Å²) in [6.07, 6.45) is 5.02. The van der Waals surface area contributed by atoms with Gasteiger partial charge in [-0.3, -0.25) is 5.84 Å². The molecule has 2 fully saturated rings. The van der Waals surface area contributed by atoms with Crippen LogP contribution in [0.3, 0.4) is 0 Å². The molecule has 0 aromatic heterocycles. The maximum absolute atomic E-state index is 9.39. The molecule has 1 heterocycles. The first-order valence-electron chi connectivity index (χ1n) is 4.87. The van der Waals surface area contributed by atoms with Crippen molar-refractivity contribution >= 4 is 0 Å². The summed E-state index contributed by atoms with van der Waals surface area (Å²) in [5.41, 5.74) is 0.160. The zero-order valence-corrected chi connectivity index (χ0v) is 7.50. The summed E-state index contributed by atoms with van der Waals surface area (Å²) in [6, 6.07) is 0. The maximum atomic E-state index is 9.39. The molecular formula is C9H18N2O. The van der Waals surface area contributed by atoms with E-state index in [0.29, 0.717) is 12.5 Å². The SMILES string of the molecule is NN1CC2CCCCC2(CO)C1. The number of hydrazine groups is 1. The standard InChI is InChI=1S/C9H18N2O/c10-11-5-8-3-1-2-4-9(8,6-11)7-12/h8,12H,1-7,10H2. The zero-order chi connectivity index (χ0) is 8.60. The van der Waals surface area contributed by atoms with E-state index in [0.717, 1.165) is 13.1 Å². The Morgan fingerprint density at radius 2 is 2.33 bits per heavy atom. The van der Waals surface area contributed by atoms with Crippen molar-refractivity contribution < 1.29 is 5.11 Å². The molecule has 2 rings (SSSR count). The normalized spacial score (nSPS) is 43.0. The first-order chi connectivity index (χ1) is 5.77.